The summed E-state index contributed by atoms with van der Waals surface area (Å²) in [6.07, 6.45) is 1.33. The zero-order chi connectivity index (χ0) is 21.5. The predicted octanol–water partition coefficient (Wildman–Crippen LogP) is 3.93. The van der Waals surface area contributed by atoms with Crippen molar-refractivity contribution in [1.29, 1.82) is 0 Å². The van der Waals surface area contributed by atoms with Crippen LogP contribution in [0.4, 0.5) is 5.69 Å². The molecule has 8 heteroatoms. The van der Waals surface area contributed by atoms with Gasteiger partial charge in [0, 0.05) is 12.2 Å². The van der Waals surface area contributed by atoms with E-state index >= 15 is 0 Å². The first-order valence-electron chi connectivity index (χ1n) is 9.94. The van der Waals surface area contributed by atoms with Gasteiger partial charge in [0.2, 0.25) is 0 Å². The van der Waals surface area contributed by atoms with E-state index in [1.807, 2.05) is 24.3 Å². The summed E-state index contributed by atoms with van der Waals surface area (Å²) in [5.41, 5.74) is 3.30. The van der Waals surface area contributed by atoms with E-state index in [0.29, 0.717) is 29.1 Å². The summed E-state index contributed by atoms with van der Waals surface area (Å²) in [5, 5.41) is 4.36. The summed E-state index contributed by atoms with van der Waals surface area (Å²) in [4.78, 5) is 32.1. The number of pyridine rings is 1. The molecule has 5 rings (SSSR count). The van der Waals surface area contributed by atoms with E-state index in [4.69, 9.17) is 13.7 Å². The van der Waals surface area contributed by atoms with Crippen molar-refractivity contribution < 1.29 is 23.3 Å². The maximum absolute atomic E-state index is 13.1. The molecule has 0 radical (unpaired) electrons. The minimum atomic E-state index is -0.964. The van der Waals surface area contributed by atoms with Crippen LogP contribution in [0.2, 0.25) is 0 Å². The first-order chi connectivity index (χ1) is 15.0. The second kappa shape index (κ2) is 7.39. The van der Waals surface area contributed by atoms with Crippen molar-refractivity contribution in [1.82, 2.24) is 10.1 Å². The van der Waals surface area contributed by atoms with Crippen LogP contribution in [0.5, 0.6) is 0 Å². The lowest BCUT2D eigenvalue weighted by atomic mass is 10.1. The van der Waals surface area contributed by atoms with E-state index < -0.39 is 12.1 Å². The zero-order valence-corrected chi connectivity index (χ0v) is 17.0. The van der Waals surface area contributed by atoms with Gasteiger partial charge in [-0.3, -0.25) is 4.79 Å². The Morgan fingerprint density at radius 1 is 1.19 bits per heavy atom. The molecular weight excluding hydrogens is 398 g/mol. The van der Waals surface area contributed by atoms with Crippen molar-refractivity contribution >= 4 is 28.7 Å². The fourth-order valence-electron chi connectivity index (χ4n) is 3.87. The van der Waals surface area contributed by atoms with Gasteiger partial charge in [-0.05, 0) is 50.1 Å². The molecule has 0 aliphatic carbocycles. The number of rotatable bonds is 4. The number of carbonyl (C=O) groups excluding carboxylic acids is 2. The van der Waals surface area contributed by atoms with Crippen LogP contribution in [-0.4, -0.2) is 34.7 Å². The molecule has 1 atom stereocenters. The van der Waals surface area contributed by atoms with Crippen LogP contribution in [0.25, 0.3) is 22.6 Å². The Morgan fingerprint density at radius 2 is 2.03 bits per heavy atom. The molecule has 156 valence electrons. The van der Waals surface area contributed by atoms with Crippen molar-refractivity contribution in [3.63, 3.8) is 0 Å². The maximum atomic E-state index is 13.1. The number of para-hydroxylation sites is 1. The van der Waals surface area contributed by atoms with Crippen LogP contribution in [-0.2, 0) is 16.0 Å². The van der Waals surface area contributed by atoms with Crippen LogP contribution >= 0.6 is 0 Å². The Bertz CT molecular complexity index is 1290. The van der Waals surface area contributed by atoms with E-state index in [1.54, 1.807) is 36.9 Å². The summed E-state index contributed by atoms with van der Waals surface area (Å²) in [7, 11) is 0. The minimum absolute atomic E-state index is 0.200. The summed E-state index contributed by atoms with van der Waals surface area (Å²) in [6, 6.07) is 12.7. The van der Waals surface area contributed by atoms with Gasteiger partial charge >= 0.3 is 5.97 Å². The summed E-state index contributed by atoms with van der Waals surface area (Å²) < 4.78 is 16.2. The first-order valence-corrected chi connectivity index (χ1v) is 9.94. The van der Waals surface area contributed by atoms with E-state index in [9.17, 15) is 9.59 Å². The lowest BCUT2D eigenvalue weighted by Gasteiger charge is -2.21. The number of nitrogens with zero attached hydrogens (tertiary/aromatic N) is 3. The van der Waals surface area contributed by atoms with Crippen molar-refractivity contribution in [2.75, 3.05) is 11.4 Å². The van der Waals surface area contributed by atoms with E-state index in [0.717, 1.165) is 17.7 Å². The van der Waals surface area contributed by atoms with Gasteiger partial charge in [0.15, 0.2) is 11.9 Å². The third-order valence-electron chi connectivity index (χ3n) is 5.40. The minimum Gasteiger partial charge on any atom is -0.463 e. The van der Waals surface area contributed by atoms with Crippen molar-refractivity contribution in [3.05, 3.63) is 65.5 Å². The van der Waals surface area contributed by atoms with Crippen molar-refractivity contribution in [3.8, 4) is 11.5 Å². The number of anilines is 1. The SMILES string of the molecule is Cc1noc2nc(-c3ccco3)cc(C(=O)OC(C)C(=O)N3CCc4ccccc43)c12. The molecule has 4 heterocycles. The molecule has 0 bridgehead atoms. The van der Waals surface area contributed by atoms with Crippen LogP contribution in [0, 0.1) is 6.92 Å². The molecule has 1 unspecified atom stereocenters. The molecule has 1 amide bonds. The van der Waals surface area contributed by atoms with E-state index in [-0.39, 0.29) is 17.2 Å². The van der Waals surface area contributed by atoms with Crippen LogP contribution in [0.15, 0.2) is 57.7 Å². The molecule has 0 fully saturated rings. The third kappa shape index (κ3) is 3.26. The molecule has 31 heavy (non-hydrogen) atoms. The highest BCUT2D eigenvalue weighted by Gasteiger charge is 2.31. The molecule has 1 aliphatic heterocycles. The third-order valence-corrected chi connectivity index (χ3v) is 5.40. The van der Waals surface area contributed by atoms with Gasteiger partial charge in [-0.15, -0.1) is 0 Å². The molecule has 1 aromatic carbocycles. The number of hydrogen-bond donors (Lipinski definition) is 0. The van der Waals surface area contributed by atoms with Crippen LogP contribution < -0.4 is 4.90 Å². The summed E-state index contributed by atoms with van der Waals surface area (Å²) in [6.45, 7) is 3.85. The number of amides is 1. The highest BCUT2D eigenvalue weighted by atomic mass is 16.5. The fourth-order valence-corrected chi connectivity index (χ4v) is 3.87. The van der Waals surface area contributed by atoms with Gasteiger partial charge < -0.3 is 18.6 Å². The number of benzene rings is 1. The Kier molecular flexibility index (Phi) is 4.54. The smallest absolute Gasteiger partial charge is 0.339 e. The summed E-state index contributed by atoms with van der Waals surface area (Å²) in [5.74, 6) is -0.445. The van der Waals surface area contributed by atoms with Gasteiger partial charge in [0.1, 0.15) is 5.69 Å². The monoisotopic (exact) mass is 417 g/mol. The number of ether oxygens (including phenoxy) is 1. The summed E-state index contributed by atoms with van der Waals surface area (Å²) >= 11 is 0. The zero-order valence-electron chi connectivity index (χ0n) is 17.0. The molecule has 3 aromatic heterocycles. The number of aromatic nitrogens is 2. The Balaban J connectivity index is 1.44. The van der Waals surface area contributed by atoms with Gasteiger partial charge in [-0.25, -0.2) is 9.78 Å². The Labute approximate surface area is 177 Å². The lowest BCUT2D eigenvalue weighted by molar-refractivity contribution is -0.126. The number of esters is 1. The lowest BCUT2D eigenvalue weighted by Crippen LogP contribution is -2.39. The molecule has 0 N–H and O–H groups in total. The molecule has 1 aliphatic rings. The molecule has 0 saturated carbocycles. The molecule has 0 spiro atoms. The maximum Gasteiger partial charge on any atom is 0.339 e. The van der Waals surface area contributed by atoms with E-state index in [2.05, 4.69) is 10.1 Å². The Morgan fingerprint density at radius 3 is 2.84 bits per heavy atom. The number of fused-ring (bicyclic) bond motifs is 2. The average Bonchev–Trinajstić information content (AvgIpc) is 3.52. The molecular formula is C23H19N3O5. The number of hydrogen-bond acceptors (Lipinski definition) is 7. The van der Waals surface area contributed by atoms with Gasteiger partial charge in [-0.2, -0.15) is 0 Å². The van der Waals surface area contributed by atoms with Crippen LogP contribution in [0.3, 0.4) is 0 Å². The quantitative estimate of drug-likeness (QED) is 0.464. The molecule has 8 nitrogen and oxygen atoms in total. The largest absolute Gasteiger partial charge is 0.463 e. The molecule has 4 aromatic rings. The average molecular weight is 417 g/mol. The van der Waals surface area contributed by atoms with Crippen molar-refractivity contribution in [2.24, 2.45) is 0 Å². The van der Waals surface area contributed by atoms with Gasteiger partial charge in [-0.1, -0.05) is 23.4 Å². The second-order valence-corrected chi connectivity index (χ2v) is 7.40. The standard InChI is InChI=1S/C23H19N3O5/c1-13-20-16(12-17(19-8-5-11-29-19)24-21(20)31-25-13)23(28)30-14(2)22(27)26-10-9-15-6-3-4-7-18(15)26/h3-8,11-12,14H,9-10H2,1-2H3. The topological polar surface area (TPSA) is 98.7 Å². The highest BCUT2D eigenvalue weighted by Crippen LogP contribution is 2.30. The number of carbonyl (C=O) groups is 2. The molecule has 0 saturated heterocycles. The predicted molar refractivity (Wildman–Crippen MR) is 112 cm³/mol. The number of aryl methyl sites for hydroxylation is 1. The first kappa shape index (κ1) is 19.0. The highest BCUT2D eigenvalue weighted by molar-refractivity contribution is 6.06. The fraction of sp³-hybridized carbons (Fsp3) is 0.217. The Hall–Kier alpha value is -3.94. The normalized spacial score (nSPS) is 13.9. The van der Waals surface area contributed by atoms with Crippen molar-refractivity contribution in [2.45, 2.75) is 26.4 Å². The van der Waals surface area contributed by atoms with Crippen LogP contribution in [0.1, 0.15) is 28.5 Å². The second-order valence-electron chi connectivity index (χ2n) is 7.40. The van der Waals surface area contributed by atoms with E-state index in [1.165, 1.54) is 6.26 Å². The van der Waals surface area contributed by atoms with Gasteiger partial charge in [0.05, 0.1) is 22.9 Å². The number of furan rings is 1. The van der Waals surface area contributed by atoms with Gasteiger partial charge in [0.25, 0.3) is 11.6 Å².